The maximum absolute atomic E-state index is 12.7. The van der Waals surface area contributed by atoms with Crippen molar-refractivity contribution in [2.24, 2.45) is 0 Å². The summed E-state index contributed by atoms with van der Waals surface area (Å²) >= 11 is 0. The molecular weight excluding hydrogens is 356 g/mol. The lowest BCUT2D eigenvalue weighted by Crippen LogP contribution is -2.36. The van der Waals surface area contributed by atoms with Crippen LogP contribution in [0.4, 0.5) is 17.5 Å². The third-order valence-electron chi connectivity index (χ3n) is 3.98. The third-order valence-corrected chi connectivity index (χ3v) is 3.98. The van der Waals surface area contributed by atoms with Crippen molar-refractivity contribution in [1.29, 1.82) is 0 Å². The number of hydrazine groups is 1. The number of nitrogens with zero attached hydrogens (tertiary/aromatic N) is 2. The molecular formula is C17H23ClN6O2. The molecule has 9 heteroatoms. The third kappa shape index (κ3) is 4.40. The summed E-state index contributed by atoms with van der Waals surface area (Å²) in [7, 11) is 3.36. The molecule has 0 radical (unpaired) electrons. The zero-order valence-electron chi connectivity index (χ0n) is 14.9. The molecule has 3 rings (SSSR count). The van der Waals surface area contributed by atoms with E-state index in [9.17, 15) is 4.79 Å². The fourth-order valence-electron chi connectivity index (χ4n) is 2.73. The van der Waals surface area contributed by atoms with E-state index in [1.54, 1.807) is 26.3 Å². The van der Waals surface area contributed by atoms with Gasteiger partial charge in [0.05, 0.1) is 18.7 Å². The lowest BCUT2D eigenvalue weighted by Gasteiger charge is -2.14. The average molecular weight is 379 g/mol. The molecule has 4 N–H and O–H groups in total. The number of aryl methyl sites for hydroxylation is 1. The molecule has 0 spiro atoms. The predicted molar refractivity (Wildman–Crippen MR) is 104 cm³/mol. The molecule has 1 unspecified atom stereocenters. The molecule has 0 amide bonds. The van der Waals surface area contributed by atoms with E-state index in [1.807, 2.05) is 19.1 Å². The Morgan fingerprint density at radius 3 is 2.77 bits per heavy atom. The minimum absolute atomic E-state index is 0. The summed E-state index contributed by atoms with van der Waals surface area (Å²) in [6.45, 7) is 2.66. The van der Waals surface area contributed by atoms with Crippen LogP contribution in [0, 0.1) is 6.92 Å². The molecule has 1 aromatic carbocycles. The second kappa shape index (κ2) is 8.79. The molecule has 1 aliphatic rings. The number of methoxy groups -OCH3 is 1. The number of carbonyl (C=O) groups excluding carboxylic acids is 1. The summed E-state index contributed by atoms with van der Waals surface area (Å²) < 4.78 is 5.35. The number of hydrogen-bond acceptors (Lipinski definition) is 8. The molecule has 0 bridgehead atoms. The Morgan fingerprint density at radius 1 is 1.31 bits per heavy atom. The number of rotatable bonds is 6. The van der Waals surface area contributed by atoms with Crippen molar-refractivity contribution in [3.05, 3.63) is 35.5 Å². The first-order valence-corrected chi connectivity index (χ1v) is 8.12. The van der Waals surface area contributed by atoms with Gasteiger partial charge in [0.25, 0.3) is 0 Å². The molecule has 0 saturated carbocycles. The molecule has 1 aromatic heterocycles. The van der Waals surface area contributed by atoms with Crippen LogP contribution in [0.5, 0.6) is 5.75 Å². The van der Waals surface area contributed by atoms with E-state index in [1.165, 1.54) is 0 Å². The molecule has 26 heavy (non-hydrogen) atoms. The van der Waals surface area contributed by atoms with Crippen LogP contribution in [-0.4, -0.2) is 42.5 Å². The smallest absolute Gasteiger partial charge is 0.229 e. The highest BCUT2D eigenvalue weighted by Gasteiger charge is 2.26. The first-order chi connectivity index (χ1) is 12.1. The van der Waals surface area contributed by atoms with E-state index in [4.69, 9.17) is 4.74 Å². The Bertz CT molecular complexity index is 780. The molecule has 140 valence electrons. The number of nitrogens with one attached hydrogen (secondary N) is 4. The van der Waals surface area contributed by atoms with Crippen molar-refractivity contribution in [1.82, 2.24) is 20.8 Å². The Balaban J connectivity index is 0.00000243. The summed E-state index contributed by atoms with van der Waals surface area (Å²) in [5, 5.41) is 6.15. The SMILES string of the molecule is CNc1cc(C)nc(Nc2ccc(OC)c(C(=O)C3CCNN3)c2)n1.Cl. The highest BCUT2D eigenvalue weighted by molar-refractivity contribution is 6.03. The van der Waals surface area contributed by atoms with Gasteiger partial charge in [0.15, 0.2) is 5.78 Å². The highest BCUT2D eigenvalue weighted by Crippen LogP contribution is 2.26. The van der Waals surface area contributed by atoms with Crippen molar-refractivity contribution in [3.8, 4) is 5.75 Å². The number of carbonyl (C=O) groups is 1. The van der Waals surface area contributed by atoms with Crippen molar-refractivity contribution in [3.63, 3.8) is 0 Å². The standard InChI is InChI=1S/C17H22N6O2.ClH/c1-10-8-15(18-2)22-17(20-10)21-11-4-5-14(25-3)12(9-11)16(24)13-6-7-19-23-13;/h4-5,8-9,13,19,23H,6-7H2,1-3H3,(H2,18,20,21,22);1H. The molecule has 2 aromatic rings. The van der Waals surface area contributed by atoms with Gasteiger partial charge in [-0.3, -0.25) is 10.2 Å². The Labute approximate surface area is 158 Å². The van der Waals surface area contributed by atoms with Gasteiger partial charge in [0, 0.05) is 31.0 Å². The minimum Gasteiger partial charge on any atom is -0.496 e. The quantitative estimate of drug-likeness (QED) is 0.567. The average Bonchev–Trinajstić information content (AvgIpc) is 3.15. The second-order valence-electron chi connectivity index (χ2n) is 5.78. The maximum Gasteiger partial charge on any atom is 0.229 e. The van der Waals surface area contributed by atoms with Crippen LogP contribution in [0.1, 0.15) is 22.5 Å². The Kier molecular flexibility index (Phi) is 6.73. The number of ketones is 1. The molecule has 2 heterocycles. The van der Waals surface area contributed by atoms with E-state index >= 15 is 0 Å². The van der Waals surface area contributed by atoms with Crippen molar-refractivity contribution < 1.29 is 9.53 Å². The monoisotopic (exact) mass is 378 g/mol. The van der Waals surface area contributed by atoms with Gasteiger partial charge in [-0.05, 0) is 31.5 Å². The van der Waals surface area contributed by atoms with Gasteiger partial charge < -0.3 is 15.4 Å². The van der Waals surface area contributed by atoms with E-state index in [0.29, 0.717) is 17.3 Å². The van der Waals surface area contributed by atoms with E-state index in [0.717, 1.165) is 30.2 Å². The molecule has 0 aliphatic carbocycles. The molecule has 1 fully saturated rings. The van der Waals surface area contributed by atoms with E-state index in [2.05, 4.69) is 31.5 Å². The minimum atomic E-state index is -0.254. The van der Waals surface area contributed by atoms with Crippen LogP contribution >= 0.6 is 12.4 Å². The summed E-state index contributed by atoms with van der Waals surface area (Å²) in [4.78, 5) is 21.5. The topological polar surface area (TPSA) is 100 Å². The number of benzene rings is 1. The largest absolute Gasteiger partial charge is 0.496 e. The summed E-state index contributed by atoms with van der Waals surface area (Å²) in [5.41, 5.74) is 8.06. The van der Waals surface area contributed by atoms with Crippen LogP contribution < -0.4 is 26.2 Å². The molecule has 1 atom stereocenters. The Hall–Kier alpha value is -2.42. The van der Waals surface area contributed by atoms with Gasteiger partial charge in [-0.2, -0.15) is 4.98 Å². The van der Waals surface area contributed by atoms with Gasteiger partial charge in [-0.25, -0.2) is 10.4 Å². The van der Waals surface area contributed by atoms with E-state index in [-0.39, 0.29) is 24.2 Å². The normalized spacial score (nSPS) is 15.9. The zero-order chi connectivity index (χ0) is 17.8. The van der Waals surface area contributed by atoms with Crippen LogP contribution in [0.2, 0.25) is 0 Å². The lowest BCUT2D eigenvalue weighted by molar-refractivity contribution is 0.0946. The molecule has 8 nitrogen and oxygen atoms in total. The van der Waals surface area contributed by atoms with E-state index < -0.39 is 0 Å². The number of Topliss-reactive ketones (excluding diaryl/α,β-unsaturated/α-hetero) is 1. The van der Waals surface area contributed by atoms with Gasteiger partial charge >= 0.3 is 0 Å². The molecule has 1 saturated heterocycles. The van der Waals surface area contributed by atoms with Gasteiger partial charge in [0.1, 0.15) is 11.6 Å². The predicted octanol–water partition coefficient (Wildman–Crippen LogP) is 2.05. The van der Waals surface area contributed by atoms with Gasteiger partial charge in [-0.1, -0.05) is 0 Å². The Morgan fingerprint density at radius 2 is 2.12 bits per heavy atom. The first kappa shape index (κ1) is 19.9. The first-order valence-electron chi connectivity index (χ1n) is 8.12. The number of hydrogen-bond donors (Lipinski definition) is 4. The highest BCUT2D eigenvalue weighted by atomic mass is 35.5. The fourth-order valence-corrected chi connectivity index (χ4v) is 2.73. The summed E-state index contributed by atoms with van der Waals surface area (Å²) in [6, 6.07) is 6.97. The van der Waals surface area contributed by atoms with Crippen molar-refractivity contribution >= 4 is 35.6 Å². The van der Waals surface area contributed by atoms with Crippen molar-refractivity contribution in [2.45, 2.75) is 19.4 Å². The van der Waals surface area contributed by atoms with Crippen LogP contribution in [0.3, 0.4) is 0 Å². The molecule has 1 aliphatic heterocycles. The fraction of sp³-hybridized carbons (Fsp3) is 0.353. The lowest BCUT2D eigenvalue weighted by atomic mass is 10.0. The number of aromatic nitrogens is 2. The number of ether oxygens (including phenoxy) is 1. The van der Waals surface area contributed by atoms with Crippen LogP contribution in [0.15, 0.2) is 24.3 Å². The van der Waals surface area contributed by atoms with Crippen LogP contribution in [-0.2, 0) is 0 Å². The zero-order valence-corrected chi connectivity index (χ0v) is 15.7. The summed E-state index contributed by atoms with van der Waals surface area (Å²) in [6.07, 6.45) is 0.742. The summed E-state index contributed by atoms with van der Waals surface area (Å²) in [5.74, 6) is 1.73. The van der Waals surface area contributed by atoms with Gasteiger partial charge in [0.2, 0.25) is 5.95 Å². The number of halogens is 1. The number of anilines is 3. The van der Waals surface area contributed by atoms with Crippen LogP contribution in [0.25, 0.3) is 0 Å². The van der Waals surface area contributed by atoms with Crippen molar-refractivity contribution in [2.75, 3.05) is 31.3 Å². The maximum atomic E-state index is 12.7. The second-order valence-corrected chi connectivity index (χ2v) is 5.78. The van der Waals surface area contributed by atoms with Gasteiger partial charge in [-0.15, -0.1) is 12.4 Å².